The van der Waals surface area contributed by atoms with Crippen molar-refractivity contribution in [3.8, 4) is 16.9 Å². The fourth-order valence-electron chi connectivity index (χ4n) is 5.58. The van der Waals surface area contributed by atoms with E-state index in [2.05, 4.69) is 5.32 Å². The molecule has 0 saturated carbocycles. The van der Waals surface area contributed by atoms with Crippen molar-refractivity contribution in [2.75, 3.05) is 13.7 Å². The fourth-order valence-corrected chi connectivity index (χ4v) is 5.58. The lowest BCUT2D eigenvalue weighted by Crippen LogP contribution is -2.44. The summed E-state index contributed by atoms with van der Waals surface area (Å²) in [7, 11) is 1.60. The van der Waals surface area contributed by atoms with E-state index in [1.54, 1.807) is 51.2 Å². The van der Waals surface area contributed by atoms with Crippen LogP contribution in [0.2, 0.25) is 0 Å². The standard InChI is InChI=1S/C35H36F5N3O5/c1-21-30(23-12-8-15-28(31(23)37)48-17-16-34(2,3)18-29(44)45)32(46)43(20-27(41-4)22-10-6-5-7-11-22)33(47)42(21)19-24-25(35(38,39)40)13-9-14-26(24)36/h5-15,27,41H,16-20H2,1-4H3,(H,44,45)/t27-/m0/s1. The summed E-state index contributed by atoms with van der Waals surface area (Å²) < 4.78 is 80.3. The third-order valence-electron chi connectivity index (χ3n) is 8.24. The number of likely N-dealkylation sites (N-methyl/N-ethyl adjacent to an activating group) is 1. The number of aromatic nitrogens is 2. The third-order valence-corrected chi connectivity index (χ3v) is 8.24. The number of halogens is 5. The first-order valence-corrected chi connectivity index (χ1v) is 15.1. The summed E-state index contributed by atoms with van der Waals surface area (Å²) in [6, 6.07) is 14.6. The largest absolute Gasteiger partial charge is 0.490 e. The van der Waals surface area contributed by atoms with Crippen LogP contribution in [0.3, 0.4) is 0 Å². The number of alkyl halides is 3. The first-order valence-electron chi connectivity index (χ1n) is 15.1. The number of nitrogens with one attached hydrogen (secondary N) is 1. The molecule has 0 saturated heterocycles. The van der Waals surface area contributed by atoms with Crippen LogP contribution in [0.5, 0.6) is 5.75 Å². The van der Waals surface area contributed by atoms with Crippen molar-refractivity contribution in [3.63, 3.8) is 0 Å². The Morgan fingerprint density at radius 1 is 0.958 bits per heavy atom. The average Bonchev–Trinajstić information content (AvgIpc) is 3.01. The van der Waals surface area contributed by atoms with Crippen LogP contribution >= 0.6 is 0 Å². The highest BCUT2D eigenvalue weighted by atomic mass is 19.4. The van der Waals surface area contributed by atoms with Gasteiger partial charge in [-0.2, -0.15) is 13.2 Å². The average molecular weight is 674 g/mol. The van der Waals surface area contributed by atoms with Crippen molar-refractivity contribution in [2.24, 2.45) is 5.41 Å². The first kappa shape index (κ1) is 36.1. The molecule has 8 nitrogen and oxygen atoms in total. The minimum absolute atomic E-state index is 0.0577. The van der Waals surface area contributed by atoms with Gasteiger partial charge in [-0.05, 0) is 49.6 Å². The highest BCUT2D eigenvalue weighted by Gasteiger charge is 2.35. The van der Waals surface area contributed by atoms with Crippen molar-refractivity contribution >= 4 is 5.97 Å². The Kier molecular flexibility index (Phi) is 10.9. The number of hydrogen-bond acceptors (Lipinski definition) is 5. The number of nitrogens with zero attached hydrogens (tertiary/aromatic N) is 2. The quantitative estimate of drug-likeness (QED) is 0.156. The van der Waals surface area contributed by atoms with Crippen LogP contribution in [0.4, 0.5) is 22.0 Å². The predicted molar refractivity (Wildman–Crippen MR) is 170 cm³/mol. The number of carbonyl (C=O) groups is 1. The van der Waals surface area contributed by atoms with Crippen LogP contribution in [-0.2, 0) is 24.1 Å². The second kappa shape index (κ2) is 14.5. The number of benzene rings is 3. The molecule has 13 heteroatoms. The Balaban J connectivity index is 1.89. The number of aliphatic carboxylic acids is 1. The van der Waals surface area contributed by atoms with Gasteiger partial charge in [0.05, 0.1) is 43.3 Å². The number of carboxylic acids is 1. The van der Waals surface area contributed by atoms with Crippen LogP contribution < -0.4 is 21.3 Å². The Hall–Kier alpha value is -4.78. The van der Waals surface area contributed by atoms with E-state index in [9.17, 15) is 27.6 Å². The van der Waals surface area contributed by atoms with Crippen LogP contribution in [0.1, 0.15) is 55.1 Å². The van der Waals surface area contributed by atoms with E-state index in [-0.39, 0.29) is 48.6 Å². The molecule has 0 radical (unpaired) electrons. The number of rotatable bonds is 13. The predicted octanol–water partition coefficient (Wildman–Crippen LogP) is 6.56. The van der Waals surface area contributed by atoms with Gasteiger partial charge in [0.25, 0.3) is 5.56 Å². The minimum Gasteiger partial charge on any atom is -0.490 e. The number of ether oxygens (including phenoxy) is 1. The molecule has 0 unspecified atom stereocenters. The van der Waals surface area contributed by atoms with Crippen LogP contribution in [-0.4, -0.2) is 33.9 Å². The van der Waals surface area contributed by atoms with Crippen LogP contribution in [0.15, 0.2) is 76.3 Å². The molecule has 0 spiro atoms. The Morgan fingerprint density at radius 2 is 1.62 bits per heavy atom. The Morgan fingerprint density at radius 3 is 2.25 bits per heavy atom. The second-order valence-electron chi connectivity index (χ2n) is 12.2. The Bertz CT molecular complexity index is 1900. The summed E-state index contributed by atoms with van der Waals surface area (Å²) in [4.78, 5) is 39.2. The topological polar surface area (TPSA) is 103 Å². The molecule has 3 aromatic carbocycles. The smallest absolute Gasteiger partial charge is 0.416 e. The van der Waals surface area contributed by atoms with Gasteiger partial charge in [0.1, 0.15) is 5.82 Å². The molecule has 1 atom stereocenters. The summed E-state index contributed by atoms with van der Waals surface area (Å²) >= 11 is 0. The molecule has 0 fully saturated rings. The summed E-state index contributed by atoms with van der Waals surface area (Å²) in [6.07, 6.45) is -4.84. The molecule has 256 valence electrons. The molecular formula is C35H36F5N3O5. The SMILES string of the molecule is CN[C@@H](Cn1c(=O)c(-c2cccc(OCCC(C)(C)CC(=O)O)c2F)c(C)n(Cc2c(F)cccc2C(F)(F)F)c1=O)c1ccccc1. The zero-order chi connectivity index (χ0) is 35.4. The fraction of sp³-hybridized carbons (Fsp3) is 0.343. The van der Waals surface area contributed by atoms with Gasteiger partial charge in [0, 0.05) is 16.8 Å². The zero-order valence-electron chi connectivity index (χ0n) is 26.8. The van der Waals surface area contributed by atoms with E-state index in [1.807, 2.05) is 0 Å². The van der Waals surface area contributed by atoms with E-state index in [0.29, 0.717) is 11.6 Å². The maximum Gasteiger partial charge on any atom is 0.416 e. The second-order valence-corrected chi connectivity index (χ2v) is 12.2. The molecule has 0 aliphatic carbocycles. The summed E-state index contributed by atoms with van der Waals surface area (Å²) in [5.41, 5.74) is -4.79. The highest BCUT2D eigenvalue weighted by Crippen LogP contribution is 2.35. The van der Waals surface area contributed by atoms with E-state index >= 15 is 8.78 Å². The van der Waals surface area contributed by atoms with Gasteiger partial charge < -0.3 is 15.2 Å². The van der Waals surface area contributed by atoms with Crippen molar-refractivity contribution in [1.82, 2.24) is 14.5 Å². The maximum absolute atomic E-state index is 16.1. The van der Waals surface area contributed by atoms with Gasteiger partial charge in [-0.3, -0.25) is 18.7 Å². The van der Waals surface area contributed by atoms with Crippen LogP contribution in [0, 0.1) is 24.0 Å². The van der Waals surface area contributed by atoms with Crippen molar-refractivity contribution in [3.05, 3.63) is 122 Å². The molecule has 0 aliphatic heterocycles. The lowest BCUT2D eigenvalue weighted by Gasteiger charge is -2.23. The Labute approximate surface area is 273 Å². The molecule has 4 rings (SSSR count). The summed E-state index contributed by atoms with van der Waals surface area (Å²) in [5.74, 6) is -3.44. The van der Waals surface area contributed by atoms with Crippen molar-refractivity contribution in [1.29, 1.82) is 0 Å². The molecule has 0 bridgehead atoms. The number of hydrogen-bond donors (Lipinski definition) is 2. The number of carboxylic acid groups (broad SMARTS) is 1. The van der Waals surface area contributed by atoms with Gasteiger partial charge >= 0.3 is 17.8 Å². The van der Waals surface area contributed by atoms with E-state index in [0.717, 1.165) is 21.3 Å². The lowest BCUT2D eigenvalue weighted by molar-refractivity contribution is -0.140. The zero-order valence-corrected chi connectivity index (χ0v) is 26.8. The maximum atomic E-state index is 16.1. The normalized spacial score (nSPS) is 12.6. The van der Waals surface area contributed by atoms with E-state index < -0.39 is 64.2 Å². The molecule has 4 aromatic rings. The summed E-state index contributed by atoms with van der Waals surface area (Å²) in [5, 5.41) is 12.2. The summed E-state index contributed by atoms with van der Waals surface area (Å²) in [6.45, 7) is 3.49. The van der Waals surface area contributed by atoms with Crippen molar-refractivity contribution < 1.29 is 36.6 Å². The molecule has 1 heterocycles. The molecule has 0 amide bonds. The van der Waals surface area contributed by atoms with E-state index in [1.165, 1.54) is 25.1 Å². The van der Waals surface area contributed by atoms with E-state index in [4.69, 9.17) is 9.84 Å². The lowest BCUT2D eigenvalue weighted by atomic mass is 9.86. The van der Waals surface area contributed by atoms with Gasteiger partial charge in [-0.15, -0.1) is 0 Å². The third kappa shape index (κ3) is 8.01. The molecule has 0 aliphatic rings. The molecule has 1 aromatic heterocycles. The molecule has 48 heavy (non-hydrogen) atoms. The minimum atomic E-state index is -4.95. The van der Waals surface area contributed by atoms with Gasteiger partial charge in [-0.25, -0.2) is 13.6 Å². The van der Waals surface area contributed by atoms with Crippen LogP contribution in [0.25, 0.3) is 11.1 Å². The highest BCUT2D eigenvalue weighted by molar-refractivity contribution is 5.68. The monoisotopic (exact) mass is 673 g/mol. The van der Waals surface area contributed by atoms with Crippen molar-refractivity contribution in [2.45, 2.75) is 58.9 Å². The van der Waals surface area contributed by atoms with Gasteiger partial charge in [0.15, 0.2) is 11.6 Å². The molecular weight excluding hydrogens is 637 g/mol. The molecule has 2 N–H and O–H groups in total. The van der Waals surface area contributed by atoms with Gasteiger partial charge in [0.2, 0.25) is 0 Å². The van der Waals surface area contributed by atoms with Gasteiger partial charge in [-0.1, -0.05) is 62.4 Å². The first-order chi connectivity index (χ1) is 22.6.